The van der Waals surface area contributed by atoms with Crippen LogP contribution in [-0.2, 0) is 19.4 Å². The number of hydrogen-bond acceptors (Lipinski definition) is 6. The van der Waals surface area contributed by atoms with Crippen molar-refractivity contribution < 1.29 is 9.47 Å². The van der Waals surface area contributed by atoms with Gasteiger partial charge in [-0.15, -0.1) is 11.3 Å². The third-order valence-electron chi connectivity index (χ3n) is 5.84. The first-order valence-corrected chi connectivity index (χ1v) is 12.5. The van der Waals surface area contributed by atoms with E-state index >= 15 is 0 Å². The molecule has 33 heavy (non-hydrogen) atoms. The number of nitriles is 1. The molecule has 4 aromatic rings. The zero-order valence-corrected chi connectivity index (χ0v) is 20.9. The Morgan fingerprint density at radius 2 is 2.06 bits per heavy atom. The standard InChI is InChI=1S/C25H20IN3O3S/c1-31-19-11-16(10-18(26)22(19)32-13-15-7-3-2-6-14(15)12-27)23-28-24(30)21-17-8-4-5-9-20(17)33-25(21)29-23/h2-3,6-7,10-11H,4-5,8-9,13H2,1H3,(H,28,29,30). The maximum Gasteiger partial charge on any atom is 0.260 e. The van der Waals surface area contributed by atoms with Crippen LogP contribution in [0.5, 0.6) is 11.5 Å². The van der Waals surface area contributed by atoms with Crippen molar-refractivity contribution in [1.82, 2.24) is 9.97 Å². The molecule has 0 bridgehead atoms. The second-order valence-corrected chi connectivity index (χ2v) is 10.1. The van der Waals surface area contributed by atoms with E-state index in [4.69, 9.17) is 14.5 Å². The van der Waals surface area contributed by atoms with Crippen molar-refractivity contribution in [3.63, 3.8) is 0 Å². The van der Waals surface area contributed by atoms with E-state index in [0.29, 0.717) is 22.9 Å². The quantitative estimate of drug-likeness (QED) is 0.317. The SMILES string of the molecule is COc1cc(-c2nc3sc4c(c3c(=O)[nH]2)CCCC4)cc(I)c1OCc1ccccc1C#N. The lowest BCUT2D eigenvalue weighted by atomic mass is 9.97. The van der Waals surface area contributed by atoms with Gasteiger partial charge in [0.25, 0.3) is 5.56 Å². The van der Waals surface area contributed by atoms with E-state index in [1.807, 2.05) is 30.3 Å². The van der Waals surface area contributed by atoms with E-state index in [9.17, 15) is 10.1 Å². The van der Waals surface area contributed by atoms with Crippen LogP contribution in [0.1, 0.15) is 34.4 Å². The summed E-state index contributed by atoms with van der Waals surface area (Å²) in [4.78, 5) is 22.8. The Labute approximate surface area is 208 Å². The zero-order chi connectivity index (χ0) is 22.9. The van der Waals surface area contributed by atoms with Gasteiger partial charge in [0.05, 0.1) is 27.7 Å². The van der Waals surface area contributed by atoms with Gasteiger partial charge in [0.2, 0.25) is 0 Å². The van der Waals surface area contributed by atoms with Crippen LogP contribution >= 0.6 is 33.9 Å². The van der Waals surface area contributed by atoms with Gasteiger partial charge in [-0.1, -0.05) is 18.2 Å². The summed E-state index contributed by atoms with van der Waals surface area (Å²) in [6.45, 7) is 0.247. The molecule has 2 aromatic heterocycles. The summed E-state index contributed by atoms with van der Waals surface area (Å²) in [6.07, 6.45) is 4.26. The second kappa shape index (κ2) is 9.15. The lowest BCUT2D eigenvalue weighted by Gasteiger charge is -2.15. The molecule has 0 radical (unpaired) electrons. The molecule has 0 spiro atoms. The number of benzene rings is 2. The number of hydrogen-bond donors (Lipinski definition) is 1. The highest BCUT2D eigenvalue weighted by Gasteiger charge is 2.21. The van der Waals surface area contributed by atoms with Crippen LogP contribution in [0, 0.1) is 14.9 Å². The van der Waals surface area contributed by atoms with Gasteiger partial charge in [0.15, 0.2) is 11.5 Å². The summed E-state index contributed by atoms with van der Waals surface area (Å²) in [5.41, 5.74) is 3.23. The van der Waals surface area contributed by atoms with E-state index in [0.717, 1.165) is 44.2 Å². The number of aromatic amines is 1. The summed E-state index contributed by atoms with van der Waals surface area (Å²) >= 11 is 3.83. The largest absolute Gasteiger partial charge is 0.493 e. The van der Waals surface area contributed by atoms with Crippen LogP contribution in [0.4, 0.5) is 0 Å². The van der Waals surface area contributed by atoms with Gasteiger partial charge in [-0.25, -0.2) is 4.98 Å². The van der Waals surface area contributed by atoms with Crippen LogP contribution in [0.15, 0.2) is 41.2 Å². The fourth-order valence-electron chi connectivity index (χ4n) is 4.20. The number of halogens is 1. The highest BCUT2D eigenvalue weighted by Crippen LogP contribution is 2.38. The smallest absolute Gasteiger partial charge is 0.260 e. The lowest BCUT2D eigenvalue weighted by molar-refractivity contribution is 0.282. The molecular weight excluding hydrogens is 549 g/mol. The minimum atomic E-state index is -0.0863. The molecule has 166 valence electrons. The van der Waals surface area contributed by atoms with Gasteiger partial charge >= 0.3 is 0 Å². The number of H-pyrrole nitrogens is 1. The highest BCUT2D eigenvalue weighted by atomic mass is 127. The molecule has 0 fully saturated rings. The third-order valence-corrected chi connectivity index (χ3v) is 7.82. The van der Waals surface area contributed by atoms with Gasteiger partial charge < -0.3 is 14.5 Å². The third kappa shape index (κ3) is 4.11. The molecule has 2 aromatic carbocycles. The maximum absolute atomic E-state index is 13.0. The van der Waals surface area contributed by atoms with Crippen molar-refractivity contribution in [2.45, 2.75) is 32.3 Å². The molecule has 1 N–H and O–H groups in total. The number of nitrogens with zero attached hydrogens (tertiary/aromatic N) is 2. The van der Waals surface area contributed by atoms with Crippen LogP contribution in [0.25, 0.3) is 21.6 Å². The summed E-state index contributed by atoms with van der Waals surface area (Å²) in [5.74, 6) is 1.65. The molecule has 8 heteroatoms. The summed E-state index contributed by atoms with van der Waals surface area (Å²) in [7, 11) is 1.58. The first-order valence-electron chi connectivity index (χ1n) is 10.6. The number of ether oxygens (including phenoxy) is 2. The van der Waals surface area contributed by atoms with E-state index < -0.39 is 0 Å². The Balaban J connectivity index is 1.51. The number of rotatable bonds is 5. The molecular formula is C25H20IN3O3S. The zero-order valence-electron chi connectivity index (χ0n) is 17.9. The molecule has 6 nitrogen and oxygen atoms in total. The van der Waals surface area contributed by atoms with Gasteiger partial charge in [0.1, 0.15) is 17.3 Å². The normalized spacial score (nSPS) is 12.9. The number of aryl methyl sites for hydroxylation is 2. The van der Waals surface area contributed by atoms with E-state index in [1.165, 1.54) is 16.9 Å². The molecule has 2 heterocycles. The number of fused-ring (bicyclic) bond motifs is 3. The Morgan fingerprint density at radius 1 is 1.24 bits per heavy atom. The average molecular weight is 569 g/mol. The first kappa shape index (κ1) is 21.9. The molecule has 1 aliphatic rings. The highest BCUT2D eigenvalue weighted by molar-refractivity contribution is 14.1. The lowest BCUT2D eigenvalue weighted by Crippen LogP contribution is -2.11. The molecule has 0 saturated carbocycles. The van der Waals surface area contributed by atoms with Gasteiger partial charge in [-0.2, -0.15) is 5.26 Å². The summed E-state index contributed by atoms with van der Waals surface area (Å²) in [6, 6.07) is 13.3. The molecule has 5 rings (SSSR count). The van der Waals surface area contributed by atoms with Crippen molar-refractivity contribution in [3.05, 3.63) is 71.9 Å². The van der Waals surface area contributed by atoms with Crippen LogP contribution in [-0.4, -0.2) is 17.1 Å². The topological polar surface area (TPSA) is 88.0 Å². The fraction of sp³-hybridized carbons (Fsp3) is 0.240. The number of thiophene rings is 1. The van der Waals surface area contributed by atoms with Crippen molar-refractivity contribution in [2.75, 3.05) is 7.11 Å². The number of methoxy groups -OCH3 is 1. The monoisotopic (exact) mass is 569 g/mol. The van der Waals surface area contributed by atoms with E-state index in [-0.39, 0.29) is 12.2 Å². The molecule has 0 saturated heterocycles. The number of aromatic nitrogens is 2. The Morgan fingerprint density at radius 3 is 2.88 bits per heavy atom. The van der Waals surface area contributed by atoms with Gasteiger partial charge in [-0.05, 0) is 72.0 Å². The van der Waals surface area contributed by atoms with Crippen LogP contribution in [0.3, 0.4) is 0 Å². The minimum absolute atomic E-state index is 0.0863. The molecule has 1 aliphatic carbocycles. The summed E-state index contributed by atoms with van der Waals surface area (Å²) in [5, 5.41) is 10.1. The predicted molar refractivity (Wildman–Crippen MR) is 137 cm³/mol. The fourth-order valence-corrected chi connectivity index (χ4v) is 6.22. The van der Waals surface area contributed by atoms with Gasteiger partial charge in [0, 0.05) is 16.0 Å². The van der Waals surface area contributed by atoms with Crippen LogP contribution < -0.4 is 15.0 Å². The molecule has 0 amide bonds. The van der Waals surface area contributed by atoms with Crippen LogP contribution in [0.2, 0.25) is 0 Å². The average Bonchev–Trinajstić information content (AvgIpc) is 3.22. The van der Waals surface area contributed by atoms with E-state index in [1.54, 1.807) is 24.5 Å². The molecule has 0 unspecified atom stereocenters. The Bertz CT molecular complexity index is 1470. The second-order valence-electron chi connectivity index (χ2n) is 7.85. The minimum Gasteiger partial charge on any atom is -0.493 e. The molecule has 0 atom stereocenters. The van der Waals surface area contributed by atoms with Crippen molar-refractivity contribution in [1.29, 1.82) is 5.26 Å². The Kier molecular flexibility index (Phi) is 6.08. The molecule has 0 aliphatic heterocycles. The predicted octanol–water partition coefficient (Wildman–Crippen LogP) is 5.59. The maximum atomic E-state index is 13.0. The van der Waals surface area contributed by atoms with Crippen molar-refractivity contribution in [2.24, 2.45) is 0 Å². The van der Waals surface area contributed by atoms with Gasteiger partial charge in [-0.3, -0.25) is 4.79 Å². The van der Waals surface area contributed by atoms with E-state index in [2.05, 4.69) is 33.6 Å². The summed E-state index contributed by atoms with van der Waals surface area (Å²) < 4.78 is 12.5. The number of nitrogens with one attached hydrogen (secondary N) is 1. The first-order chi connectivity index (χ1) is 16.1. The van der Waals surface area contributed by atoms with Crippen molar-refractivity contribution >= 4 is 44.1 Å². The Hall–Kier alpha value is -2.90. The van der Waals surface area contributed by atoms with Crippen molar-refractivity contribution in [3.8, 4) is 29.0 Å².